The SMILES string of the molecule is C.C.CC.CCC1(C)OCCS1. The predicted molar refractivity (Wildman–Crippen MR) is 61.9 cm³/mol. The van der Waals surface area contributed by atoms with Crippen molar-refractivity contribution in [3.63, 3.8) is 0 Å². The van der Waals surface area contributed by atoms with Gasteiger partial charge in [0.1, 0.15) is 4.93 Å². The topological polar surface area (TPSA) is 9.23 Å². The molecule has 1 atom stereocenters. The fourth-order valence-corrected chi connectivity index (χ4v) is 1.73. The van der Waals surface area contributed by atoms with Crippen LogP contribution in [0.1, 0.15) is 49.0 Å². The zero-order chi connectivity index (χ0) is 8.04. The molecule has 0 N–H and O–H groups in total. The molecule has 2 heteroatoms. The molecule has 1 heterocycles. The Hall–Kier alpha value is 0.310. The van der Waals surface area contributed by atoms with E-state index in [9.17, 15) is 0 Å². The third kappa shape index (κ3) is 5.90. The van der Waals surface area contributed by atoms with Crippen molar-refractivity contribution in [2.24, 2.45) is 0 Å². The molecular weight excluding hydrogens is 168 g/mol. The Morgan fingerprint density at radius 1 is 1.33 bits per heavy atom. The Bertz CT molecular complexity index is 77.9. The first kappa shape index (κ1) is 18.2. The molecular formula is C10H26OS. The number of hydrogen-bond acceptors (Lipinski definition) is 2. The minimum absolute atomic E-state index is 0. The lowest BCUT2D eigenvalue weighted by atomic mass is 10.3. The molecule has 1 fully saturated rings. The largest absolute Gasteiger partial charge is 0.364 e. The van der Waals surface area contributed by atoms with Crippen molar-refractivity contribution in [2.45, 2.75) is 53.9 Å². The maximum atomic E-state index is 5.45. The number of thioether (sulfide) groups is 1. The minimum atomic E-state index is 0. The summed E-state index contributed by atoms with van der Waals surface area (Å²) in [7, 11) is 0. The summed E-state index contributed by atoms with van der Waals surface area (Å²) in [5, 5.41) is 0. The molecule has 1 rings (SSSR count). The monoisotopic (exact) mass is 194 g/mol. The maximum absolute atomic E-state index is 5.45. The van der Waals surface area contributed by atoms with Crippen molar-refractivity contribution < 1.29 is 4.74 Å². The normalized spacial score (nSPS) is 26.0. The third-order valence-corrected chi connectivity index (χ3v) is 2.93. The molecule has 1 aliphatic rings. The van der Waals surface area contributed by atoms with E-state index in [1.807, 2.05) is 25.6 Å². The molecule has 0 aliphatic carbocycles. The Labute approximate surface area is 83.3 Å². The fourth-order valence-electron chi connectivity index (χ4n) is 0.761. The van der Waals surface area contributed by atoms with E-state index in [-0.39, 0.29) is 19.8 Å². The van der Waals surface area contributed by atoms with Gasteiger partial charge in [-0.3, -0.25) is 0 Å². The van der Waals surface area contributed by atoms with Gasteiger partial charge in [0.05, 0.1) is 6.61 Å². The van der Waals surface area contributed by atoms with Crippen molar-refractivity contribution in [1.82, 2.24) is 0 Å². The van der Waals surface area contributed by atoms with Gasteiger partial charge in [0.25, 0.3) is 0 Å². The van der Waals surface area contributed by atoms with E-state index >= 15 is 0 Å². The second-order valence-corrected chi connectivity index (χ2v) is 3.74. The van der Waals surface area contributed by atoms with Crippen LogP contribution in [0.25, 0.3) is 0 Å². The lowest BCUT2D eigenvalue weighted by Gasteiger charge is -2.18. The molecule has 1 nitrogen and oxygen atoms in total. The summed E-state index contributed by atoms with van der Waals surface area (Å²) in [5.74, 6) is 1.17. The van der Waals surface area contributed by atoms with Crippen molar-refractivity contribution in [2.75, 3.05) is 12.4 Å². The van der Waals surface area contributed by atoms with Crippen LogP contribution < -0.4 is 0 Å². The van der Waals surface area contributed by atoms with Crippen molar-refractivity contribution in [3.05, 3.63) is 0 Å². The van der Waals surface area contributed by atoms with E-state index in [4.69, 9.17) is 4.74 Å². The van der Waals surface area contributed by atoms with Gasteiger partial charge in [-0.15, -0.1) is 11.8 Å². The number of rotatable bonds is 1. The van der Waals surface area contributed by atoms with Crippen molar-refractivity contribution in [3.8, 4) is 0 Å². The summed E-state index contributed by atoms with van der Waals surface area (Å²) < 4.78 is 5.45. The molecule has 0 aromatic heterocycles. The van der Waals surface area contributed by atoms with Gasteiger partial charge in [-0.25, -0.2) is 0 Å². The van der Waals surface area contributed by atoms with E-state index in [1.54, 1.807) is 0 Å². The highest BCUT2D eigenvalue weighted by Crippen LogP contribution is 2.34. The second kappa shape index (κ2) is 9.40. The summed E-state index contributed by atoms with van der Waals surface area (Å²) in [6.07, 6.45) is 1.12. The Morgan fingerprint density at radius 3 is 2.00 bits per heavy atom. The molecule has 0 aromatic carbocycles. The second-order valence-electron chi connectivity index (χ2n) is 2.18. The van der Waals surface area contributed by atoms with Gasteiger partial charge in [0.15, 0.2) is 0 Å². The maximum Gasteiger partial charge on any atom is 0.110 e. The van der Waals surface area contributed by atoms with Crippen LogP contribution in [-0.2, 0) is 4.74 Å². The van der Waals surface area contributed by atoms with E-state index < -0.39 is 0 Å². The van der Waals surface area contributed by atoms with Gasteiger partial charge >= 0.3 is 0 Å². The van der Waals surface area contributed by atoms with Crippen LogP contribution in [0.2, 0.25) is 0 Å². The Morgan fingerprint density at radius 2 is 1.83 bits per heavy atom. The van der Waals surface area contributed by atoms with Crippen LogP contribution in [-0.4, -0.2) is 17.3 Å². The zero-order valence-corrected chi connectivity index (χ0v) is 8.25. The average Bonchev–Trinajstić information content (AvgIpc) is 2.42. The summed E-state index contributed by atoms with van der Waals surface area (Å²) >= 11 is 1.92. The molecule has 78 valence electrons. The molecule has 0 aromatic rings. The molecule has 12 heavy (non-hydrogen) atoms. The van der Waals surface area contributed by atoms with Crippen LogP contribution in [0.5, 0.6) is 0 Å². The van der Waals surface area contributed by atoms with Crippen molar-refractivity contribution in [1.29, 1.82) is 0 Å². The molecule has 1 unspecified atom stereocenters. The quantitative estimate of drug-likeness (QED) is 0.619. The fraction of sp³-hybridized carbons (Fsp3) is 1.00. The lowest BCUT2D eigenvalue weighted by Crippen LogP contribution is -2.16. The van der Waals surface area contributed by atoms with Gasteiger partial charge in [0, 0.05) is 5.75 Å². The van der Waals surface area contributed by atoms with Gasteiger partial charge in [-0.1, -0.05) is 35.6 Å². The van der Waals surface area contributed by atoms with Crippen molar-refractivity contribution >= 4 is 11.8 Å². The summed E-state index contributed by atoms with van der Waals surface area (Å²) in [6.45, 7) is 9.26. The number of hydrogen-bond donors (Lipinski definition) is 0. The molecule has 0 amide bonds. The average molecular weight is 194 g/mol. The summed E-state index contributed by atoms with van der Waals surface area (Å²) in [6, 6.07) is 0. The van der Waals surface area contributed by atoms with Gasteiger partial charge in [-0.05, 0) is 13.3 Å². The summed E-state index contributed by atoms with van der Waals surface area (Å²) in [4.78, 5) is 0.153. The van der Waals surface area contributed by atoms with Crippen LogP contribution in [0, 0.1) is 0 Å². The first-order valence-corrected chi connectivity index (χ1v) is 5.03. The first-order chi connectivity index (χ1) is 4.77. The van der Waals surface area contributed by atoms with Gasteiger partial charge < -0.3 is 4.74 Å². The summed E-state index contributed by atoms with van der Waals surface area (Å²) in [5.41, 5.74) is 0. The highest BCUT2D eigenvalue weighted by molar-refractivity contribution is 8.00. The van der Waals surface area contributed by atoms with E-state index in [1.165, 1.54) is 5.75 Å². The molecule has 1 saturated heterocycles. The van der Waals surface area contributed by atoms with Gasteiger partial charge in [0.2, 0.25) is 0 Å². The van der Waals surface area contributed by atoms with Crippen LogP contribution >= 0.6 is 11.8 Å². The zero-order valence-electron chi connectivity index (χ0n) is 7.44. The third-order valence-electron chi connectivity index (χ3n) is 1.54. The van der Waals surface area contributed by atoms with Crippen LogP contribution in [0.15, 0.2) is 0 Å². The lowest BCUT2D eigenvalue weighted by molar-refractivity contribution is 0.0633. The van der Waals surface area contributed by atoms with E-state index in [0.717, 1.165) is 13.0 Å². The molecule has 1 aliphatic heterocycles. The predicted octanol–water partition coefficient (Wildman–Crippen LogP) is 4.17. The highest BCUT2D eigenvalue weighted by atomic mass is 32.2. The molecule has 0 spiro atoms. The minimum Gasteiger partial charge on any atom is -0.364 e. The standard InChI is InChI=1S/C6H12OS.C2H6.2CH4/c1-3-6(2)7-4-5-8-6;1-2;;/h3-5H2,1-2H3;1-2H3;2*1H4. The molecule has 0 radical (unpaired) electrons. The first-order valence-electron chi connectivity index (χ1n) is 4.05. The van der Waals surface area contributed by atoms with E-state index in [0.29, 0.717) is 0 Å². The molecule has 0 bridgehead atoms. The Kier molecular flexibility index (Phi) is 14.2. The smallest absolute Gasteiger partial charge is 0.110 e. The van der Waals surface area contributed by atoms with Crippen LogP contribution in [0.3, 0.4) is 0 Å². The molecule has 0 saturated carbocycles. The highest BCUT2D eigenvalue weighted by Gasteiger charge is 2.27. The Balaban J connectivity index is -0.000000189. The number of ether oxygens (including phenoxy) is 1. The van der Waals surface area contributed by atoms with Gasteiger partial charge in [-0.2, -0.15) is 0 Å². The van der Waals surface area contributed by atoms with E-state index in [2.05, 4.69) is 13.8 Å². The van der Waals surface area contributed by atoms with Crippen LogP contribution in [0.4, 0.5) is 0 Å².